The number of rotatable bonds is 4. The molecule has 2 aromatic rings. The molecule has 0 aliphatic rings. The Kier molecular flexibility index (Phi) is 4.14. The van der Waals surface area contributed by atoms with Gasteiger partial charge in [-0.3, -0.25) is 9.48 Å². The fourth-order valence-electron chi connectivity index (χ4n) is 1.88. The lowest BCUT2D eigenvalue weighted by Crippen LogP contribution is -2.25. The number of thiocarbonyl (C=S) groups is 1. The molecule has 0 radical (unpaired) electrons. The van der Waals surface area contributed by atoms with Gasteiger partial charge in [-0.2, -0.15) is 5.10 Å². The van der Waals surface area contributed by atoms with Crippen molar-refractivity contribution in [2.75, 3.05) is 0 Å². The number of carbonyl (C=O) groups is 1. The molecule has 1 amide bonds. The average Bonchev–Trinajstić information content (AvgIpc) is 2.75. The quantitative estimate of drug-likeness (QED) is 0.832. The van der Waals surface area contributed by atoms with E-state index in [1.54, 1.807) is 17.8 Å². The Morgan fingerprint density at radius 2 is 2.05 bits per heavy atom. The van der Waals surface area contributed by atoms with Crippen LogP contribution in [0.1, 0.15) is 27.3 Å². The van der Waals surface area contributed by atoms with E-state index in [1.165, 1.54) is 0 Å². The molecular formula is C14H16N4OS. The second-order valence-electron chi connectivity index (χ2n) is 4.54. The van der Waals surface area contributed by atoms with E-state index in [9.17, 15) is 4.79 Å². The highest BCUT2D eigenvalue weighted by molar-refractivity contribution is 7.80. The van der Waals surface area contributed by atoms with E-state index >= 15 is 0 Å². The minimum atomic E-state index is -0.147. The Bertz CT molecular complexity index is 646. The maximum atomic E-state index is 12.0. The van der Waals surface area contributed by atoms with Gasteiger partial charge in [-0.15, -0.1) is 0 Å². The zero-order chi connectivity index (χ0) is 14.7. The van der Waals surface area contributed by atoms with Crippen molar-refractivity contribution < 1.29 is 4.79 Å². The summed E-state index contributed by atoms with van der Waals surface area (Å²) in [6.45, 7) is 2.30. The van der Waals surface area contributed by atoms with Crippen molar-refractivity contribution >= 4 is 23.1 Å². The predicted molar refractivity (Wildman–Crippen MR) is 81.4 cm³/mol. The number of aryl methyl sites for hydroxylation is 2. The van der Waals surface area contributed by atoms with Crippen LogP contribution in [-0.4, -0.2) is 20.7 Å². The van der Waals surface area contributed by atoms with Crippen LogP contribution >= 0.6 is 12.2 Å². The van der Waals surface area contributed by atoms with Crippen molar-refractivity contribution in [2.24, 2.45) is 12.8 Å². The van der Waals surface area contributed by atoms with E-state index in [1.807, 2.05) is 31.2 Å². The number of nitrogens with zero attached hydrogens (tertiary/aromatic N) is 2. The lowest BCUT2D eigenvalue weighted by Gasteiger charge is -2.06. The topological polar surface area (TPSA) is 72.9 Å². The summed E-state index contributed by atoms with van der Waals surface area (Å²) in [7, 11) is 1.75. The average molecular weight is 288 g/mol. The first kappa shape index (κ1) is 14.2. The number of hydrogen-bond donors (Lipinski definition) is 2. The number of aromatic nitrogens is 2. The molecule has 2 rings (SSSR count). The first-order chi connectivity index (χ1) is 9.47. The van der Waals surface area contributed by atoms with Crippen molar-refractivity contribution in [3.05, 3.63) is 52.8 Å². The molecule has 0 bridgehead atoms. The summed E-state index contributed by atoms with van der Waals surface area (Å²) in [5, 5.41) is 7.00. The van der Waals surface area contributed by atoms with Gasteiger partial charge in [0.25, 0.3) is 5.91 Å². The predicted octanol–water partition coefficient (Wildman–Crippen LogP) is 1.29. The standard InChI is InChI=1S/C14H16N4OS/c1-9-7-12(18(2)17-9)14(19)16-8-10-3-5-11(6-4-10)13(15)20/h3-7H,8H2,1-2H3,(H2,15,20)(H,16,19). The van der Waals surface area contributed by atoms with Gasteiger partial charge >= 0.3 is 0 Å². The van der Waals surface area contributed by atoms with Gasteiger partial charge in [-0.1, -0.05) is 36.5 Å². The van der Waals surface area contributed by atoms with Gasteiger partial charge in [0.15, 0.2) is 0 Å². The Balaban J connectivity index is 2.00. The van der Waals surface area contributed by atoms with E-state index in [0.29, 0.717) is 17.2 Å². The third-order valence-corrected chi connectivity index (χ3v) is 3.16. The summed E-state index contributed by atoms with van der Waals surface area (Å²) in [6, 6.07) is 9.23. The Morgan fingerprint density at radius 1 is 1.40 bits per heavy atom. The number of nitrogens with two attached hydrogens (primary N) is 1. The van der Waals surface area contributed by atoms with Crippen LogP contribution in [0.15, 0.2) is 30.3 Å². The van der Waals surface area contributed by atoms with E-state index in [4.69, 9.17) is 18.0 Å². The summed E-state index contributed by atoms with van der Waals surface area (Å²) in [5.74, 6) is -0.147. The van der Waals surface area contributed by atoms with Crippen LogP contribution in [0.3, 0.4) is 0 Å². The van der Waals surface area contributed by atoms with E-state index in [0.717, 1.165) is 16.8 Å². The van der Waals surface area contributed by atoms with Gasteiger partial charge in [0, 0.05) is 19.2 Å². The number of amides is 1. The molecule has 0 spiro atoms. The van der Waals surface area contributed by atoms with Gasteiger partial charge in [-0.05, 0) is 18.6 Å². The van der Waals surface area contributed by atoms with Crippen LogP contribution in [0.2, 0.25) is 0 Å². The molecule has 0 unspecified atom stereocenters. The maximum absolute atomic E-state index is 12.0. The highest BCUT2D eigenvalue weighted by Gasteiger charge is 2.11. The third kappa shape index (κ3) is 3.21. The van der Waals surface area contributed by atoms with Crippen LogP contribution in [0.25, 0.3) is 0 Å². The maximum Gasteiger partial charge on any atom is 0.269 e. The second-order valence-corrected chi connectivity index (χ2v) is 4.98. The highest BCUT2D eigenvalue weighted by Crippen LogP contribution is 2.06. The summed E-state index contributed by atoms with van der Waals surface area (Å²) >= 11 is 4.89. The molecule has 1 heterocycles. The van der Waals surface area contributed by atoms with Crippen LogP contribution < -0.4 is 11.1 Å². The third-order valence-electron chi connectivity index (χ3n) is 2.93. The Labute approximate surface area is 122 Å². The van der Waals surface area contributed by atoms with Gasteiger partial charge in [0.2, 0.25) is 0 Å². The zero-order valence-electron chi connectivity index (χ0n) is 11.4. The fourth-order valence-corrected chi connectivity index (χ4v) is 2.02. The second kappa shape index (κ2) is 5.83. The molecular weight excluding hydrogens is 272 g/mol. The molecule has 0 aliphatic heterocycles. The molecule has 5 nitrogen and oxygen atoms in total. The van der Waals surface area contributed by atoms with Crippen LogP contribution in [0, 0.1) is 6.92 Å². The van der Waals surface area contributed by atoms with Crippen molar-refractivity contribution in [3.8, 4) is 0 Å². The summed E-state index contributed by atoms with van der Waals surface area (Å²) in [5.41, 5.74) is 8.70. The molecule has 0 atom stereocenters. The van der Waals surface area contributed by atoms with E-state index < -0.39 is 0 Å². The highest BCUT2D eigenvalue weighted by atomic mass is 32.1. The monoisotopic (exact) mass is 288 g/mol. The minimum absolute atomic E-state index is 0.147. The molecule has 104 valence electrons. The van der Waals surface area contributed by atoms with Gasteiger partial charge in [-0.25, -0.2) is 0 Å². The number of benzene rings is 1. The van der Waals surface area contributed by atoms with E-state index in [2.05, 4.69) is 10.4 Å². The zero-order valence-corrected chi connectivity index (χ0v) is 12.2. The normalized spacial score (nSPS) is 10.3. The molecule has 20 heavy (non-hydrogen) atoms. The molecule has 1 aromatic carbocycles. The summed E-state index contributed by atoms with van der Waals surface area (Å²) in [6.07, 6.45) is 0. The molecule has 0 fully saturated rings. The molecule has 3 N–H and O–H groups in total. The first-order valence-corrected chi connectivity index (χ1v) is 6.56. The number of carbonyl (C=O) groups excluding carboxylic acids is 1. The molecule has 0 aliphatic carbocycles. The summed E-state index contributed by atoms with van der Waals surface area (Å²) in [4.78, 5) is 12.4. The van der Waals surface area contributed by atoms with Crippen molar-refractivity contribution in [1.29, 1.82) is 0 Å². The minimum Gasteiger partial charge on any atom is -0.389 e. The fraction of sp³-hybridized carbons (Fsp3) is 0.214. The lowest BCUT2D eigenvalue weighted by molar-refractivity contribution is 0.0941. The number of nitrogens with one attached hydrogen (secondary N) is 1. The van der Waals surface area contributed by atoms with Crippen LogP contribution in [0.5, 0.6) is 0 Å². The molecule has 0 saturated heterocycles. The first-order valence-electron chi connectivity index (χ1n) is 6.15. The van der Waals surface area contributed by atoms with Gasteiger partial charge < -0.3 is 11.1 Å². The number of hydrogen-bond acceptors (Lipinski definition) is 3. The summed E-state index contributed by atoms with van der Waals surface area (Å²) < 4.78 is 1.57. The molecule has 1 aromatic heterocycles. The van der Waals surface area contributed by atoms with E-state index in [-0.39, 0.29) is 5.91 Å². The van der Waals surface area contributed by atoms with Crippen molar-refractivity contribution in [3.63, 3.8) is 0 Å². The largest absolute Gasteiger partial charge is 0.389 e. The van der Waals surface area contributed by atoms with Crippen LogP contribution in [-0.2, 0) is 13.6 Å². The molecule has 0 saturated carbocycles. The Morgan fingerprint density at radius 3 is 2.55 bits per heavy atom. The van der Waals surface area contributed by atoms with Crippen molar-refractivity contribution in [2.45, 2.75) is 13.5 Å². The van der Waals surface area contributed by atoms with Crippen molar-refractivity contribution in [1.82, 2.24) is 15.1 Å². The Hall–Kier alpha value is -2.21. The molecule has 6 heteroatoms. The van der Waals surface area contributed by atoms with Gasteiger partial charge in [0.05, 0.1) is 5.69 Å². The SMILES string of the molecule is Cc1cc(C(=O)NCc2ccc(C(N)=S)cc2)n(C)n1. The lowest BCUT2D eigenvalue weighted by atomic mass is 10.1. The smallest absolute Gasteiger partial charge is 0.269 e. The van der Waals surface area contributed by atoms with Crippen LogP contribution in [0.4, 0.5) is 0 Å². The van der Waals surface area contributed by atoms with Gasteiger partial charge in [0.1, 0.15) is 10.7 Å².